The van der Waals surface area contributed by atoms with Crippen molar-refractivity contribution in [2.75, 3.05) is 13.7 Å². The van der Waals surface area contributed by atoms with Gasteiger partial charge in [-0.3, -0.25) is 4.79 Å². The van der Waals surface area contributed by atoms with E-state index in [9.17, 15) is 9.59 Å². The highest BCUT2D eigenvalue weighted by Crippen LogP contribution is 2.09. The van der Waals surface area contributed by atoms with Crippen molar-refractivity contribution >= 4 is 11.8 Å². The van der Waals surface area contributed by atoms with Crippen LogP contribution in [0.5, 0.6) is 0 Å². The Kier molecular flexibility index (Phi) is 3.62. The number of methoxy groups -OCH3 is 1. The topological polar surface area (TPSA) is 68.5 Å². The van der Waals surface area contributed by atoms with Crippen LogP contribution in [0.2, 0.25) is 0 Å². The Morgan fingerprint density at radius 3 is 2.67 bits per heavy atom. The summed E-state index contributed by atoms with van der Waals surface area (Å²) in [6.45, 7) is 2.24. The lowest BCUT2D eigenvalue weighted by Crippen LogP contribution is -2.10. The average molecular weight is 211 g/mol. The number of carbonyl (C=O) groups excluding carboxylic acids is 1. The van der Waals surface area contributed by atoms with Gasteiger partial charge < -0.3 is 14.4 Å². The zero-order chi connectivity index (χ0) is 11.4. The molecule has 1 heterocycles. The van der Waals surface area contributed by atoms with Gasteiger partial charge in [-0.25, -0.2) is 4.79 Å². The number of ketones is 1. The lowest BCUT2D eigenvalue weighted by atomic mass is 10.2. The molecule has 0 saturated carbocycles. The molecule has 0 aromatic carbocycles. The van der Waals surface area contributed by atoms with Crippen LogP contribution in [0.4, 0.5) is 0 Å². The number of carboxylic acids is 1. The second-order valence-corrected chi connectivity index (χ2v) is 3.16. The van der Waals surface area contributed by atoms with E-state index in [1.807, 2.05) is 0 Å². The maximum absolute atomic E-state index is 11.1. The molecule has 15 heavy (non-hydrogen) atoms. The molecule has 5 nitrogen and oxygen atoms in total. The van der Waals surface area contributed by atoms with Gasteiger partial charge in [0.25, 0.3) is 0 Å². The number of ether oxygens (including phenoxy) is 1. The van der Waals surface area contributed by atoms with Gasteiger partial charge in [-0.2, -0.15) is 0 Å². The minimum atomic E-state index is -1.04. The number of carboxylic acid groups (broad SMARTS) is 1. The summed E-state index contributed by atoms with van der Waals surface area (Å²) in [5, 5.41) is 8.89. The van der Waals surface area contributed by atoms with Crippen LogP contribution in [-0.2, 0) is 11.3 Å². The second-order valence-electron chi connectivity index (χ2n) is 3.16. The van der Waals surface area contributed by atoms with Crippen LogP contribution in [0.25, 0.3) is 0 Å². The van der Waals surface area contributed by atoms with Crippen LogP contribution >= 0.6 is 0 Å². The number of hydrogen-bond donors (Lipinski definition) is 1. The summed E-state index contributed by atoms with van der Waals surface area (Å²) >= 11 is 0. The summed E-state index contributed by atoms with van der Waals surface area (Å²) in [5.41, 5.74) is 0.515. The highest BCUT2D eigenvalue weighted by atomic mass is 16.5. The molecule has 0 atom stereocenters. The average Bonchev–Trinajstić information content (AvgIpc) is 2.58. The minimum absolute atomic E-state index is 0.109. The first kappa shape index (κ1) is 11.5. The zero-order valence-electron chi connectivity index (χ0n) is 8.69. The number of rotatable bonds is 5. The molecule has 0 aliphatic heterocycles. The maximum Gasteiger partial charge on any atom is 0.352 e. The van der Waals surface area contributed by atoms with E-state index in [2.05, 4.69) is 0 Å². The van der Waals surface area contributed by atoms with Gasteiger partial charge in [0.05, 0.1) is 6.61 Å². The Morgan fingerprint density at radius 1 is 1.53 bits per heavy atom. The fourth-order valence-electron chi connectivity index (χ4n) is 1.26. The molecule has 0 saturated heterocycles. The first-order valence-corrected chi connectivity index (χ1v) is 4.49. The van der Waals surface area contributed by atoms with Gasteiger partial charge in [-0.05, 0) is 13.0 Å². The third-order valence-electron chi connectivity index (χ3n) is 2.06. The fraction of sp³-hybridized carbons (Fsp3) is 0.400. The smallest absolute Gasteiger partial charge is 0.352 e. The lowest BCUT2D eigenvalue weighted by Gasteiger charge is -2.04. The summed E-state index contributed by atoms with van der Waals surface area (Å²) in [7, 11) is 1.54. The Bertz CT molecular complexity index is 381. The van der Waals surface area contributed by atoms with E-state index in [-0.39, 0.29) is 11.5 Å². The molecule has 0 radical (unpaired) electrons. The van der Waals surface area contributed by atoms with Crippen molar-refractivity contribution in [1.82, 2.24) is 4.57 Å². The van der Waals surface area contributed by atoms with Gasteiger partial charge >= 0.3 is 5.97 Å². The van der Waals surface area contributed by atoms with Crippen molar-refractivity contribution in [2.45, 2.75) is 13.5 Å². The molecule has 82 valence electrons. The van der Waals surface area contributed by atoms with E-state index in [1.54, 1.807) is 0 Å². The van der Waals surface area contributed by atoms with Crippen molar-refractivity contribution in [3.63, 3.8) is 0 Å². The van der Waals surface area contributed by atoms with Crippen molar-refractivity contribution in [2.24, 2.45) is 0 Å². The largest absolute Gasteiger partial charge is 0.477 e. The molecular weight excluding hydrogens is 198 g/mol. The van der Waals surface area contributed by atoms with Crippen molar-refractivity contribution in [3.8, 4) is 0 Å². The molecule has 0 bridgehead atoms. The Hall–Kier alpha value is -1.62. The predicted molar refractivity (Wildman–Crippen MR) is 53.3 cm³/mol. The van der Waals surface area contributed by atoms with Gasteiger partial charge in [0.2, 0.25) is 0 Å². The molecule has 0 fully saturated rings. The maximum atomic E-state index is 11.1. The molecule has 0 aliphatic rings. The van der Waals surface area contributed by atoms with E-state index >= 15 is 0 Å². The number of aromatic carboxylic acids is 1. The van der Waals surface area contributed by atoms with Crippen molar-refractivity contribution < 1.29 is 19.4 Å². The number of nitrogens with zero attached hydrogens (tertiary/aromatic N) is 1. The lowest BCUT2D eigenvalue weighted by molar-refractivity contribution is 0.0682. The Balaban J connectivity index is 3.00. The molecule has 0 amide bonds. The van der Waals surface area contributed by atoms with Crippen LogP contribution in [-0.4, -0.2) is 35.1 Å². The molecular formula is C10H13NO4. The SMILES string of the molecule is COCCn1cc(C(C)=O)cc1C(=O)O. The number of hydrogen-bond acceptors (Lipinski definition) is 3. The van der Waals surface area contributed by atoms with Crippen LogP contribution in [0.1, 0.15) is 27.8 Å². The highest BCUT2D eigenvalue weighted by Gasteiger charge is 2.13. The normalized spacial score (nSPS) is 10.3. The summed E-state index contributed by atoms with van der Waals surface area (Å²) in [6, 6.07) is 1.38. The van der Waals surface area contributed by atoms with Crippen LogP contribution in [0.15, 0.2) is 12.3 Å². The van der Waals surface area contributed by atoms with Crippen LogP contribution in [0, 0.1) is 0 Å². The van der Waals surface area contributed by atoms with Gasteiger partial charge in [-0.1, -0.05) is 0 Å². The summed E-state index contributed by atoms with van der Waals surface area (Å²) in [5.74, 6) is -1.19. The monoisotopic (exact) mass is 211 g/mol. The van der Waals surface area contributed by atoms with Gasteiger partial charge in [0.1, 0.15) is 5.69 Å². The van der Waals surface area contributed by atoms with Crippen LogP contribution in [0.3, 0.4) is 0 Å². The first-order chi connectivity index (χ1) is 7.06. The Labute approximate surface area is 87.3 Å². The van der Waals surface area contributed by atoms with E-state index in [0.717, 1.165) is 0 Å². The molecule has 1 aromatic rings. The summed E-state index contributed by atoms with van der Waals surface area (Å²) in [6.07, 6.45) is 1.53. The third kappa shape index (κ3) is 2.66. The zero-order valence-corrected chi connectivity index (χ0v) is 8.69. The van der Waals surface area contributed by atoms with E-state index in [0.29, 0.717) is 18.7 Å². The summed E-state index contributed by atoms with van der Waals surface area (Å²) in [4.78, 5) is 21.9. The van der Waals surface area contributed by atoms with Crippen LogP contribution < -0.4 is 0 Å². The van der Waals surface area contributed by atoms with Gasteiger partial charge in [0, 0.05) is 25.4 Å². The van der Waals surface area contributed by atoms with E-state index < -0.39 is 5.97 Å². The second kappa shape index (κ2) is 4.75. The van der Waals surface area contributed by atoms with Gasteiger partial charge in [-0.15, -0.1) is 0 Å². The molecule has 0 unspecified atom stereocenters. The minimum Gasteiger partial charge on any atom is -0.477 e. The number of Topliss-reactive ketones (excluding diaryl/α,β-unsaturated/α-hetero) is 1. The predicted octanol–water partition coefficient (Wildman–Crippen LogP) is 1.04. The molecule has 1 N–H and O–H groups in total. The molecule has 0 spiro atoms. The highest BCUT2D eigenvalue weighted by molar-refractivity contribution is 5.97. The first-order valence-electron chi connectivity index (χ1n) is 4.49. The van der Waals surface area contributed by atoms with E-state index in [4.69, 9.17) is 9.84 Å². The van der Waals surface area contributed by atoms with Gasteiger partial charge in [0.15, 0.2) is 5.78 Å². The van der Waals surface area contributed by atoms with E-state index in [1.165, 1.54) is 30.9 Å². The van der Waals surface area contributed by atoms with Crippen molar-refractivity contribution in [3.05, 3.63) is 23.5 Å². The molecule has 1 rings (SSSR count). The fourth-order valence-corrected chi connectivity index (χ4v) is 1.26. The third-order valence-corrected chi connectivity index (χ3v) is 2.06. The number of carbonyl (C=O) groups is 2. The quantitative estimate of drug-likeness (QED) is 0.739. The molecule has 1 aromatic heterocycles. The standard InChI is InChI=1S/C10H13NO4/c1-7(12)8-5-9(10(13)14)11(6-8)3-4-15-2/h5-6H,3-4H2,1-2H3,(H,13,14). The molecule has 5 heteroatoms. The number of aromatic nitrogens is 1. The molecule has 0 aliphatic carbocycles. The summed E-state index contributed by atoms with van der Waals surface area (Å²) < 4.78 is 6.35. The van der Waals surface area contributed by atoms with Crippen molar-refractivity contribution in [1.29, 1.82) is 0 Å². The Morgan fingerprint density at radius 2 is 2.20 bits per heavy atom.